The molecule has 0 atom stereocenters. The Kier molecular flexibility index (Phi) is 4.62. The van der Waals surface area contributed by atoms with Crippen LogP contribution in [0.5, 0.6) is 0 Å². The van der Waals surface area contributed by atoms with Crippen molar-refractivity contribution in [1.82, 2.24) is 10.6 Å². The number of nitrogens with one attached hydrogen (secondary N) is 2. The zero-order valence-electron chi connectivity index (χ0n) is 13.2. The highest BCUT2D eigenvalue weighted by Crippen LogP contribution is 2.32. The molecular formula is C18H20F3N3. The van der Waals surface area contributed by atoms with E-state index in [2.05, 4.69) is 10.6 Å². The maximum atomic E-state index is 12.9. The van der Waals surface area contributed by atoms with Gasteiger partial charge >= 0.3 is 6.18 Å². The molecule has 1 heterocycles. The first kappa shape index (κ1) is 17.0. The van der Waals surface area contributed by atoms with Crippen molar-refractivity contribution in [1.29, 1.82) is 0 Å². The third-order valence-corrected chi connectivity index (χ3v) is 4.41. The van der Waals surface area contributed by atoms with Gasteiger partial charge in [0.25, 0.3) is 0 Å². The Balaban J connectivity index is 1.90. The van der Waals surface area contributed by atoms with Crippen LogP contribution in [-0.2, 0) is 11.8 Å². The summed E-state index contributed by atoms with van der Waals surface area (Å²) >= 11 is 0. The molecule has 3 nitrogen and oxygen atoms in total. The van der Waals surface area contributed by atoms with Crippen LogP contribution in [0.1, 0.15) is 17.5 Å². The quantitative estimate of drug-likeness (QED) is 0.808. The molecule has 0 amide bonds. The van der Waals surface area contributed by atoms with E-state index >= 15 is 0 Å². The van der Waals surface area contributed by atoms with Gasteiger partial charge in [0.15, 0.2) is 0 Å². The van der Waals surface area contributed by atoms with Gasteiger partial charge in [0.1, 0.15) is 5.66 Å². The van der Waals surface area contributed by atoms with Crippen molar-refractivity contribution in [3.63, 3.8) is 0 Å². The summed E-state index contributed by atoms with van der Waals surface area (Å²) in [5, 5.41) is 6.80. The number of hydrogen-bond donors (Lipinski definition) is 3. The molecule has 2 aromatic carbocycles. The molecule has 0 aromatic heterocycles. The van der Waals surface area contributed by atoms with Gasteiger partial charge in [0.2, 0.25) is 0 Å². The van der Waals surface area contributed by atoms with Crippen LogP contribution in [-0.4, -0.2) is 19.6 Å². The van der Waals surface area contributed by atoms with Crippen molar-refractivity contribution in [3.05, 3.63) is 59.7 Å². The number of hydrogen-bond acceptors (Lipinski definition) is 3. The minimum Gasteiger partial charge on any atom is -0.327 e. The summed E-state index contributed by atoms with van der Waals surface area (Å²) in [5.74, 6) is 0. The van der Waals surface area contributed by atoms with Gasteiger partial charge in [0.05, 0.1) is 5.56 Å². The molecule has 1 aliphatic heterocycles. The zero-order valence-corrected chi connectivity index (χ0v) is 13.2. The summed E-state index contributed by atoms with van der Waals surface area (Å²) in [4.78, 5) is 0. The molecule has 128 valence electrons. The third-order valence-electron chi connectivity index (χ3n) is 4.41. The monoisotopic (exact) mass is 335 g/mol. The maximum absolute atomic E-state index is 12.9. The minimum atomic E-state index is -4.34. The van der Waals surface area contributed by atoms with Crippen molar-refractivity contribution < 1.29 is 13.2 Å². The molecule has 3 rings (SSSR count). The minimum absolute atomic E-state index is 0.399. The number of rotatable bonds is 3. The Morgan fingerprint density at radius 3 is 2.21 bits per heavy atom. The Hall–Kier alpha value is -1.89. The van der Waals surface area contributed by atoms with Crippen molar-refractivity contribution >= 4 is 0 Å². The molecule has 0 spiro atoms. The summed E-state index contributed by atoms with van der Waals surface area (Å²) in [6.07, 6.45) is -3.31. The van der Waals surface area contributed by atoms with Gasteiger partial charge in [-0.15, -0.1) is 0 Å². The fourth-order valence-electron chi connectivity index (χ4n) is 3.04. The number of halogens is 3. The summed E-state index contributed by atoms with van der Waals surface area (Å²) in [5.41, 5.74) is 7.10. The molecule has 24 heavy (non-hydrogen) atoms. The molecular weight excluding hydrogens is 315 g/mol. The second-order valence-corrected chi connectivity index (χ2v) is 5.97. The van der Waals surface area contributed by atoms with Gasteiger partial charge in [-0.05, 0) is 48.3 Å². The van der Waals surface area contributed by atoms with E-state index in [1.165, 1.54) is 12.1 Å². The molecule has 0 unspecified atom stereocenters. The predicted octanol–water partition coefficient (Wildman–Crippen LogP) is 3.07. The lowest BCUT2D eigenvalue weighted by molar-refractivity contribution is -0.137. The van der Waals surface area contributed by atoms with E-state index in [4.69, 9.17) is 5.73 Å². The van der Waals surface area contributed by atoms with Gasteiger partial charge in [-0.1, -0.05) is 36.4 Å². The van der Waals surface area contributed by atoms with Crippen molar-refractivity contribution in [3.8, 4) is 11.1 Å². The molecule has 1 saturated heterocycles. The van der Waals surface area contributed by atoms with Crippen molar-refractivity contribution in [2.45, 2.75) is 18.3 Å². The average Bonchev–Trinajstić information content (AvgIpc) is 2.62. The summed E-state index contributed by atoms with van der Waals surface area (Å²) in [6, 6.07) is 12.8. The molecule has 0 saturated carbocycles. The lowest BCUT2D eigenvalue weighted by Crippen LogP contribution is -2.62. The van der Waals surface area contributed by atoms with E-state index < -0.39 is 17.4 Å². The van der Waals surface area contributed by atoms with E-state index in [9.17, 15) is 13.2 Å². The average molecular weight is 335 g/mol. The lowest BCUT2D eigenvalue weighted by Gasteiger charge is -2.39. The first-order chi connectivity index (χ1) is 11.4. The van der Waals surface area contributed by atoms with Crippen LogP contribution in [0.4, 0.5) is 13.2 Å². The molecule has 6 heteroatoms. The Morgan fingerprint density at radius 2 is 1.62 bits per heavy atom. The summed E-state index contributed by atoms with van der Waals surface area (Å²) in [7, 11) is 0. The van der Waals surface area contributed by atoms with Crippen LogP contribution in [0.25, 0.3) is 11.1 Å². The molecule has 1 fully saturated rings. The van der Waals surface area contributed by atoms with Crippen LogP contribution in [0.2, 0.25) is 0 Å². The van der Waals surface area contributed by atoms with Gasteiger partial charge in [-0.2, -0.15) is 13.2 Å². The number of alkyl halides is 3. The highest BCUT2D eigenvalue weighted by molar-refractivity contribution is 5.65. The highest BCUT2D eigenvalue weighted by atomic mass is 19.4. The third kappa shape index (κ3) is 3.31. The first-order valence-corrected chi connectivity index (χ1v) is 7.93. The van der Waals surface area contributed by atoms with E-state index in [-0.39, 0.29) is 0 Å². The van der Waals surface area contributed by atoms with Crippen LogP contribution in [0.15, 0.2) is 48.5 Å². The highest BCUT2D eigenvalue weighted by Gasteiger charge is 2.32. The smallest absolute Gasteiger partial charge is 0.327 e. The van der Waals surface area contributed by atoms with E-state index in [0.29, 0.717) is 12.1 Å². The van der Waals surface area contributed by atoms with Crippen molar-refractivity contribution in [2.24, 2.45) is 5.73 Å². The van der Waals surface area contributed by atoms with Crippen LogP contribution < -0.4 is 16.4 Å². The summed E-state index contributed by atoms with van der Waals surface area (Å²) < 4.78 is 38.6. The fraction of sp³-hybridized carbons (Fsp3) is 0.333. The molecule has 1 aliphatic rings. The van der Waals surface area contributed by atoms with E-state index in [1.807, 2.05) is 24.3 Å². The Labute approximate surface area is 139 Å². The fourth-order valence-corrected chi connectivity index (χ4v) is 3.04. The second kappa shape index (κ2) is 6.55. The SMILES string of the molecule is NCC1(c2ccc(-c3cccc(C(F)(F)F)c3)cc2)NCCCN1. The number of nitrogens with two attached hydrogens (primary N) is 1. The molecule has 0 radical (unpaired) electrons. The normalized spacial score (nSPS) is 17.7. The van der Waals surface area contributed by atoms with Crippen molar-refractivity contribution in [2.75, 3.05) is 19.6 Å². The maximum Gasteiger partial charge on any atom is 0.416 e. The molecule has 0 bridgehead atoms. The largest absolute Gasteiger partial charge is 0.416 e. The van der Waals surface area contributed by atoms with E-state index in [1.54, 1.807) is 6.07 Å². The standard InChI is InChI=1S/C18H20F3N3/c19-18(20,21)16-4-1-3-14(11-16)13-5-7-15(8-6-13)17(12-22)23-9-2-10-24-17/h1,3-8,11,23-24H,2,9-10,12,22H2. The van der Waals surface area contributed by atoms with Gasteiger partial charge < -0.3 is 5.73 Å². The topological polar surface area (TPSA) is 50.1 Å². The Bertz CT molecular complexity index is 689. The molecule has 2 aromatic rings. The van der Waals surface area contributed by atoms with Crippen LogP contribution >= 0.6 is 0 Å². The number of benzene rings is 2. The molecule has 0 aliphatic carbocycles. The second-order valence-electron chi connectivity index (χ2n) is 5.97. The Morgan fingerprint density at radius 1 is 0.958 bits per heavy atom. The van der Waals surface area contributed by atoms with Gasteiger partial charge in [-0.25, -0.2) is 0 Å². The van der Waals surface area contributed by atoms with E-state index in [0.717, 1.165) is 36.7 Å². The first-order valence-electron chi connectivity index (χ1n) is 7.93. The van der Waals surface area contributed by atoms with Gasteiger partial charge in [0, 0.05) is 6.54 Å². The zero-order chi connectivity index (χ0) is 17.2. The van der Waals surface area contributed by atoms with Crippen LogP contribution in [0, 0.1) is 0 Å². The van der Waals surface area contributed by atoms with Crippen LogP contribution in [0.3, 0.4) is 0 Å². The molecule has 4 N–H and O–H groups in total. The summed E-state index contributed by atoms with van der Waals surface area (Å²) in [6.45, 7) is 2.15. The van der Waals surface area contributed by atoms with Gasteiger partial charge in [-0.3, -0.25) is 10.6 Å². The predicted molar refractivity (Wildman–Crippen MR) is 88.2 cm³/mol. The lowest BCUT2D eigenvalue weighted by atomic mass is 9.94.